The summed E-state index contributed by atoms with van der Waals surface area (Å²) in [7, 11) is 0. The first-order valence-electron chi connectivity index (χ1n) is 5.49. The summed E-state index contributed by atoms with van der Waals surface area (Å²) >= 11 is 0. The molecule has 142 valence electrons. The number of hydrogen-bond donors (Lipinski definition) is 0. The molecular formula is C13H8CuF9N2+2. The fraction of sp³-hybridized carbons (Fsp3) is 0. The summed E-state index contributed by atoms with van der Waals surface area (Å²) in [5.74, 6) is 0. The van der Waals surface area contributed by atoms with Gasteiger partial charge in [-0.05, 0) is 24.3 Å². The first-order valence-corrected chi connectivity index (χ1v) is 5.49. The molecule has 2 aromatic rings. The number of hydrogen-bond acceptors (Lipinski definition) is 2. The maximum absolute atomic E-state index is 9.58. The van der Waals surface area contributed by atoms with Crippen LogP contribution in [0.5, 0.6) is 0 Å². The van der Waals surface area contributed by atoms with Gasteiger partial charge in [0.05, 0.1) is 11.4 Å². The van der Waals surface area contributed by atoms with E-state index in [4.69, 9.17) is 0 Å². The van der Waals surface area contributed by atoms with Gasteiger partial charge >= 0.3 is 37.1 Å². The van der Waals surface area contributed by atoms with Gasteiger partial charge in [-0.15, -0.1) is 0 Å². The van der Waals surface area contributed by atoms with Crippen molar-refractivity contribution in [3.63, 3.8) is 0 Å². The third kappa shape index (κ3) is 27.3. The van der Waals surface area contributed by atoms with Crippen molar-refractivity contribution in [3.05, 3.63) is 68.8 Å². The van der Waals surface area contributed by atoms with Crippen LogP contribution in [0.25, 0.3) is 11.4 Å². The minimum Gasteiger partial charge on any atom is -0.255 e. The van der Waals surface area contributed by atoms with Crippen molar-refractivity contribution in [1.29, 1.82) is 0 Å². The maximum Gasteiger partial charge on any atom is 2.00 e. The van der Waals surface area contributed by atoms with Crippen LogP contribution in [0.3, 0.4) is 0 Å². The second-order valence-corrected chi connectivity index (χ2v) is 3.07. The van der Waals surface area contributed by atoms with Crippen LogP contribution in [0.15, 0.2) is 48.8 Å². The summed E-state index contributed by atoms with van der Waals surface area (Å²) < 4.78 is 86.2. The molecule has 25 heavy (non-hydrogen) atoms. The first kappa shape index (κ1) is 28.0. The quantitative estimate of drug-likeness (QED) is 0.403. The number of nitrogens with zero attached hydrogens (tertiary/aromatic N) is 2. The van der Waals surface area contributed by atoms with Crippen molar-refractivity contribution in [2.45, 2.75) is 0 Å². The molecule has 0 unspecified atom stereocenters. The molecule has 0 spiro atoms. The molecule has 0 aromatic carbocycles. The molecule has 0 aliphatic heterocycles. The number of pyridine rings is 2. The van der Waals surface area contributed by atoms with Gasteiger partial charge in [-0.2, -0.15) is 39.5 Å². The average Bonchev–Trinajstić information content (AvgIpc) is 2.47. The second-order valence-electron chi connectivity index (χ2n) is 3.07. The first-order chi connectivity index (χ1) is 11.2. The van der Waals surface area contributed by atoms with Gasteiger partial charge in [0.25, 0.3) is 0 Å². The van der Waals surface area contributed by atoms with Crippen molar-refractivity contribution >= 4 is 0 Å². The van der Waals surface area contributed by atoms with E-state index in [9.17, 15) is 39.5 Å². The topological polar surface area (TPSA) is 25.8 Å². The standard InChI is InChI=1S/C10H8N2.3CF3.Cu/c1-3-7-11-9(5-1)10-6-2-4-8-12-10;3*2-1(3)4;/h1-8H;;;;/q;;;;+2. The molecule has 2 heterocycles. The van der Waals surface area contributed by atoms with Crippen LogP contribution in [-0.2, 0) is 17.1 Å². The fourth-order valence-corrected chi connectivity index (χ4v) is 1.03. The Labute approximate surface area is 147 Å². The molecule has 0 saturated heterocycles. The van der Waals surface area contributed by atoms with E-state index in [2.05, 4.69) is 9.97 Å². The van der Waals surface area contributed by atoms with E-state index in [0.29, 0.717) is 0 Å². The van der Waals surface area contributed by atoms with E-state index in [1.807, 2.05) is 36.4 Å². The van der Waals surface area contributed by atoms with Crippen LogP contribution in [0.1, 0.15) is 0 Å². The predicted octanol–water partition coefficient (Wildman–Crippen LogP) is 6.17. The summed E-state index contributed by atoms with van der Waals surface area (Å²) in [6.07, 6.45) is 3.54. The van der Waals surface area contributed by atoms with Crippen LogP contribution in [-0.4, -0.2) is 9.97 Å². The van der Waals surface area contributed by atoms with Gasteiger partial charge in [0, 0.05) is 12.4 Å². The van der Waals surface area contributed by atoms with Gasteiger partial charge in [-0.3, -0.25) is 9.97 Å². The van der Waals surface area contributed by atoms with E-state index in [0.717, 1.165) is 11.4 Å². The zero-order chi connectivity index (χ0) is 19.0. The number of halogens is 9. The van der Waals surface area contributed by atoms with Gasteiger partial charge in [0.1, 0.15) is 0 Å². The van der Waals surface area contributed by atoms with Crippen molar-refractivity contribution in [1.82, 2.24) is 9.97 Å². The van der Waals surface area contributed by atoms with Crippen LogP contribution >= 0.6 is 0 Å². The Morgan fingerprint density at radius 3 is 0.920 bits per heavy atom. The predicted molar refractivity (Wildman–Crippen MR) is 67.2 cm³/mol. The summed E-state index contributed by atoms with van der Waals surface area (Å²) in [4.78, 5) is 8.37. The molecule has 0 amide bonds. The third-order valence-corrected chi connectivity index (χ3v) is 1.59. The molecule has 2 nitrogen and oxygen atoms in total. The summed E-state index contributed by atoms with van der Waals surface area (Å²) in [6.45, 7) is -9.25. The number of rotatable bonds is 1. The van der Waals surface area contributed by atoms with Crippen molar-refractivity contribution < 1.29 is 56.6 Å². The Hall–Kier alpha value is -1.81. The molecule has 0 aliphatic rings. The zero-order valence-corrected chi connectivity index (χ0v) is 12.7. The van der Waals surface area contributed by atoms with E-state index >= 15 is 0 Å². The molecule has 0 atom stereocenters. The molecular weight excluding hydrogens is 419 g/mol. The van der Waals surface area contributed by atoms with Crippen molar-refractivity contribution in [2.24, 2.45) is 0 Å². The summed E-state index contributed by atoms with van der Waals surface area (Å²) in [5, 5.41) is 0. The SMILES string of the molecule is F[C](F)F.F[C](F)F.F[C](F)F.[Cu+2].c1ccc(-c2ccccn2)nc1. The van der Waals surface area contributed by atoms with Gasteiger partial charge in [0.2, 0.25) is 0 Å². The molecule has 0 fully saturated rings. The Morgan fingerprint density at radius 1 is 0.520 bits per heavy atom. The van der Waals surface area contributed by atoms with Crippen LogP contribution in [0.2, 0.25) is 0 Å². The summed E-state index contributed by atoms with van der Waals surface area (Å²) in [5.41, 5.74) is 1.83. The Morgan fingerprint density at radius 2 is 0.760 bits per heavy atom. The average molecular weight is 427 g/mol. The van der Waals surface area contributed by atoms with Gasteiger partial charge in [0.15, 0.2) is 0 Å². The molecule has 0 aliphatic carbocycles. The number of aromatic nitrogens is 2. The third-order valence-electron chi connectivity index (χ3n) is 1.59. The van der Waals surface area contributed by atoms with Crippen LogP contribution < -0.4 is 0 Å². The van der Waals surface area contributed by atoms with E-state index in [-0.39, 0.29) is 17.1 Å². The molecule has 4 radical (unpaired) electrons. The van der Waals surface area contributed by atoms with Crippen LogP contribution in [0, 0.1) is 20.0 Å². The molecule has 2 rings (SSSR count). The summed E-state index contributed by atoms with van der Waals surface area (Å²) in [6, 6.07) is 11.6. The fourth-order valence-electron chi connectivity index (χ4n) is 1.03. The Balaban J connectivity index is -0.000000314. The Kier molecular flexibility index (Phi) is 20.8. The smallest absolute Gasteiger partial charge is 0.255 e. The maximum atomic E-state index is 9.58. The zero-order valence-electron chi connectivity index (χ0n) is 11.7. The van der Waals surface area contributed by atoms with E-state index in [1.165, 1.54) is 0 Å². The van der Waals surface area contributed by atoms with Gasteiger partial charge in [-0.25, -0.2) is 0 Å². The van der Waals surface area contributed by atoms with E-state index < -0.39 is 20.0 Å². The van der Waals surface area contributed by atoms with Crippen LogP contribution in [0.4, 0.5) is 39.5 Å². The molecule has 2 aromatic heterocycles. The second kappa shape index (κ2) is 18.5. The monoisotopic (exact) mass is 426 g/mol. The minimum atomic E-state index is -3.08. The molecule has 12 heteroatoms. The normalized spacial score (nSPS) is 8.96. The van der Waals surface area contributed by atoms with Gasteiger partial charge < -0.3 is 0 Å². The van der Waals surface area contributed by atoms with E-state index in [1.54, 1.807) is 12.4 Å². The van der Waals surface area contributed by atoms with Gasteiger partial charge in [-0.1, -0.05) is 12.1 Å². The van der Waals surface area contributed by atoms with Crippen molar-refractivity contribution in [3.8, 4) is 11.4 Å². The Bertz CT molecular complexity index is 429. The van der Waals surface area contributed by atoms with Crippen molar-refractivity contribution in [2.75, 3.05) is 0 Å². The largest absolute Gasteiger partial charge is 2.00 e. The molecule has 0 saturated carbocycles. The molecule has 0 bridgehead atoms. The minimum absolute atomic E-state index is 0. The molecule has 0 N–H and O–H groups in total.